The van der Waals surface area contributed by atoms with Gasteiger partial charge in [-0.3, -0.25) is 0 Å². The summed E-state index contributed by atoms with van der Waals surface area (Å²) in [6.07, 6.45) is -4.31. The maximum absolute atomic E-state index is 10.3. The SMILES string of the molecule is COC1O[C@H](C)C(N[C@@H]2C=C(CO)[C@@H](C)C(O)[C@H]2O)[C@H](O)C1O. The second-order valence-corrected chi connectivity index (χ2v) is 6.31. The van der Waals surface area contributed by atoms with Crippen LogP contribution in [0.2, 0.25) is 0 Å². The fraction of sp³-hybridized carbons (Fsp3) is 0.867. The molecule has 0 bridgehead atoms. The summed E-state index contributed by atoms with van der Waals surface area (Å²) in [5, 5.41) is 53.0. The van der Waals surface area contributed by atoms with Crippen molar-refractivity contribution in [1.29, 1.82) is 0 Å². The number of aliphatic hydroxyl groups excluding tert-OH is 5. The summed E-state index contributed by atoms with van der Waals surface area (Å²) in [6, 6.07) is -1.35. The van der Waals surface area contributed by atoms with E-state index in [0.717, 1.165) is 0 Å². The molecule has 8 nitrogen and oxygen atoms in total. The number of hydrogen-bond donors (Lipinski definition) is 6. The van der Waals surface area contributed by atoms with Gasteiger partial charge in [-0.25, -0.2) is 0 Å². The predicted molar refractivity (Wildman–Crippen MR) is 80.4 cm³/mol. The monoisotopic (exact) mass is 333 g/mol. The molecule has 6 N–H and O–H groups in total. The lowest BCUT2D eigenvalue weighted by Crippen LogP contribution is -2.66. The first-order valence-corrected chi connectivity index (χ1v) is 7.79. The molecular formula is C15H27NO7. The van der Waals surface area contributed by atoms with E-state index in [0.29, 0.717) is 5.57 Å². The minimum Gasteiger partial charge on any atom is -0.392 e. The summed E-state index contributed by atoms with van der Waals surface area (Å²) in [4.78, 5) is 0. The summed E-state index contributed by atoms with van der Waals surface area (Å²) in [5.41, 5.74) is 0.606. The fourth-order valence-electron chi connectivity index (χ4n) is 3.23. The van der Waals surface area contributed by atoms with E-state index < -0.39 is 48.9 Å². The van der Waals surface area contributed by atoms with Crippen LogP contribution in [0.4, 0.5) is 0 Å². The molecule has 23 heavy (non-hydrogen) atoms. The third kappa shape index (κ3) is 3.59. The minimum absolute atomic E-state index is 0.225. The third-order valence-electron chi connectivity index (χ3n) is 4.86. The highest BCUT2D eigenvalue weighted by Gasteiger charge is 2.45. The van der Waals surface area contributed by atoms with Gasteiger partial charge in [0, 0.05) is 13.0 Å². The molecule has 1 saturated heterocycles. The van der Waals surface area contributed by atoms with Gasteiger partial charge in [0.05, 0.1) is 37.0 Å². The van der Waals surface area contributed by atoms with Gasteiger partial charge in [0.2, 0.25) is 0 Å². The van der Waals surface area contributed by atoms with Gasteiger partial charge in [0.15, 0.2) is 6.29 Å². The number of aliphatic hydroxyl groups is 5. The van der Waals surface area contributed by atoms with Crippen molar-refractivity contribution in [2.45, 2.75) is 62.7 Å². The zero-order valence-corrected chi connectivity index (χ0v) is 13.5. The number of methoxy groups -OCH3 is 1. The van der Waals surface area contributed by atoms with E-state index in [1.165, 1.54) is 7.11 Å². The molecule has 0 amide bonds. The molecule has 0 radical (unpaired) electrons. The Hall–Kier alpha value is -0.580. The Labute approximate surface area is 135 Å². The van der Waals surface area contributed by atoms with Gasteiger partial charge >= 0.3 is 0 Å². The van der Waals surface area contributed by atoms with Gasteiger partial charge in [-0.2, -0.15) is 0 Å². The Balaban J connectivity index is 2.15. The lowest BCUT2D eigenvalue weighted by molar-refractivity contribution is -0.265. The molecule has 0 aromatic carbocycles. The van der Waals surface area contributed by atoms with E-state index in [2.05, 4.69) is 5.32 Å². The summed E-state index contributed by atoms with van der Waals surface area (Å²) >= 11 is 0. The van der Waals surface area contributed by atoms with Gasteiger partial charge in [0.25, 0.3) is 0 Å². The van der Waals surface area contributed by atoms with Crippen LogP contribution in [0, 0.1) is 5.92 Å². The van der Waals surface area contributed by atoms with Crippen LogP contribution in [-0.2, 0) is 9.47 Å². The Morgan fingerprint density at radius 3 is 2.30 bits per heavy atom. The molecule has 0 spiro atoms. The number of nitrogens with one attached hydrogen (secondary N) is 1. The normalized spacial score (nSPS) is 48.2. The summed E-state index contributed by atoms with van der Waals surface area (Å²) in [7, 11) is 1.37. The summed E-state index contributed by atoms with van der Waals surface area (Å²) < 4.78 is 10.5. The molecule has 8 heteroatoms. The van der Waals surface area contributed by atoms with Crippen molar-refractivity contribution < 1.29 is 35.0 Å². The van der Waals surface area contributed by atoms with E-state index in [9.17, 15) is 25.5 Å². The first kappa shape index (κ1) is 18.8. The van der Waals surface area contributed by atoms with Crippen LogP contribution in [0.3, 0.4) is 0 Å². The molecule has 0 aromatic rings. The smallest absolute Gasteiger partial charge is 0.186 e. The van der Waals surface area contributed by atoms with Gasteiger partial charge in [-0.1, -0.05) is 13.0 Å². The van der Waals surface area contributed by atoms with E-state index in [-0.39, 0.29) is 12.5 Å². The molecule has 134 valence electrons. The average Bonchev–Trinajstić information content (AvgIpc) is 2.54. The van der Waals surface area contributed by atoms with Gasteiger partial charge in [-0.15, -0.1) is 0 Å². The van der Waals surface area contributed by atoms with Gasteiger partial charge < -0.3 is 40.3 Å². The molecule has 1 aliphatic carbocycles. The highest BCUT2D eigenvalue weighted by molar-refractivity contribution is 5.20. The lowest BCUT2D eigenvalue weighted by Gasteiger charge is -2.44. The lowest BCUT2D eigenvalue weighted by atomic mass is 9.81. The van der Waals surface area contributed by atoms with E-state index in [4.69, 9.17) is 9.47 Å². The molecule has 1 heterocycles. The van der Waals surface area contributed by atoms with E-state index in [1.807, 2.05) is 0 Å². The van der Waals surface area contributed by atoms with Crippen LogP contribution < -0.4 is 5.32 Å². The van der Waals surface area contributed by atoms with E-state index >= 15 is 0 Å². The molecule has 1 fully saturated rings. The molecule has 2 aliphatic rings. The average molecular weight is 333 g/mol. The Bertz CT molecular complexity index is 432. The van der Waals surface area contributed by atoms with Crippen molar-refractivity contribution >= 4 is 0 Å². The molecule has 1 aliphatic heterocycles. The standard InChI is InChI=1S/C15H27NO7/c1-6-8(5-17)4-9(12(19)11(6)18)16-10-7(2)23-15(22-3)14(21)13(10)20/h4,6-7,9-21H,5H2,1-3H3/t6-,7-,9-,10?,11?,12+,13+,14?,15?/m1/s1. The highest BCUT2D eigenvalue weighted by Crippen LogP contribution is 2.28. The first-order chi connectivity index (χ1) is 10.8. The van der Waals surface area contributed by atoms with Crippen LogP contribution in [-0.4, -0.2) is 88.1 Å². The third-order valence-corrected chi connectivity index (χ3v) is 4.86. The molecular weight excluding hydrogens is 306 g/mol. The van der Waals surface area contributed by atoms with Crippen molar-refractivity contribution in [2.24, 2.45) is 5.92 Å². The predicted octanol–water partition coefficient (Wildman–Crippen LogP) is -2.28. The first-order valence-electron chi connectivity index (χ1n) is 7.79. The van der Waals surface area contributed by atoms with Crippen LogP contribution >= 0.6 is 0 Å². The Morgan fingerprint density at radius 1 is 1.09 bits per heavy atom. The van der Waals surface area contributed by atoms with Crippen molar-refractivity contribution in [1.82, 2.24) is 5.32 Å². The highest BCUT2D eigenvalue weighted by atomic mass is 16.7. The molecule has 9 atom stereocenters. The molecule has 0 saturated carbocycles. The van der Waals surface area contributed by atoms with Crippen LogP contribution in [0.15, 0.2) is 11.6 Å². The zero-order valence-electron chi connectivity index (χ0n) is 13.5. The van der Waals surface area contributed by atoms with Gasteiger partial charge in [0.1, 0.15) is 12.2 Å². The van der Waals surface area contributed by atoms with Crippen molar-refractivity contribution in [3.63, 3.8) is 0 Å². The van der Waals surface area contributed by atoms with Crippen LogP contribution in [0.1, 0.15) is 13.8 Å². The number of hydrogen-bond acceptors (Lipinski definition) is 8. The van der Waals surface area contributed by atoms with Crippen LogP contribution in [0.5, 0.6) is 0 Å². The van der Waals surface area contributed by atoms with Gasteiger partial charge in [-0.05, 0) is 12.5 Å². The summed E-state index contributed by atoms with van der Waals surface area (Å²) in [5.74, 6) is -0.360. The molecule has 2 rings (SSSR count). The van der Waals surface area contributed by atoms with E-state index in [1.54, 1.807) is 19.9 Å². The topological polar surface area (TPSA) is 132 Å². The maximum atomic E-state index is 10.3. The second kappa shape index (κ2) is 7.54. The maximum Gasteiger partial charge on any atom is 0.186 e. The Kier molecular flexibility index (Phi) is 6.15. The fourth-order valence-corrected chi connectivity index (χ4v) is 3.23. The quantitative estimate of drug-likeness (QED) is 0.317. The zero-order chi connectivity index (χ0) is 17.3. The summed E-state index contributed by atoms with van der Waals surface area (Å²) in [6.45, 7) is 3.21. The van der Waals surface area contributed by atoms with Crippen molar-refractivity contribution in [3.05, 3.63) is 11.6 Å². The minimum atomic E-state index is -1.24. The number of ether oxygens (including phenoxy) is 2. The van der Waals surface area contributed by atoms with Crippen molar-refractivity contribution in [2.75, 3.05) is 13.7 Å². The largest absolute Gasteiger partial charge is 0.392 e. The second-order valence-electron chi connectivity index (χ2n) is 6.31. The Morgan fingerprint density at radius 2 is 1.74 bits per heavy atom. The molecule has 0 aromatic heterocycles. The van der Waals surface area contributed by atoms with Crippen molar-refractivity contribution in [3.8, 4) is 0 Å². The molecule has 4 unspecified atom stereocenters. The number of rotatable bonds is 4. The van der Waals surface area contributed by atoms with Crippen LogP contribution in [0.25, 0.3) is 0 Å².